The molecule has 0 saturated carbocycles. The summed E-state index contributed by atoms with van der Waals surface area (Å²) in [6, 6.07) is 7.03. The van der Waals surface area contributed by atoms with Gasteiger partial charge in [0.15, 0.2) is 5.84 Å². The van der Waals surface area contributed by atoms with Gasteiger partial charge in [0.2, 0.25) is 5.91 Å². The van der Waals surface area contributed by atoms with E-state index in [1.807, 2.05) is 20.8 Å². The van der Waals surface area contributed by atoms with Crippen LogP contribution in [0, 0.1) is 5.41 Å². The van der Waals surface area contributed by atoms with Crippen LogP contribution in [-0.4, -0.2) is 23.6 Å². The topological polar surface area (TPSA) is 96.9 Å². The molecule has 20 heavy (non-hydrogen) atoms. The lowest BCUT2D eigenvalue weighted by Crippen LogP contribution is -2.30. The number of nitrogens with zero attached hydrogens (tertiary/aromatic N) is 1. The average Bonchev–Trinajstić information content (AvgIpc) is 2.45. The third-order valence-corrected chi connectivity index (χ3v) is 3.14. The molecule has 1 aromatic rings. The first-order chi connectivity index (χ1) is 9.40. The zero-order valence-electron chi connectivity index (χ0n) is 12.0. The quantitative estimate of drug-likeness (QED) is 0.322. The third-order valence-electron chi connectivity index (χ3n) is 3.14. The van der Waals surface area contributed by atoms with Crippen molar-refractivity contribution in [2.75, 3.05) is 11.9 Å². The second-order valence-corrected chi connectivity index (χ2v) is 5.07. The van der Waals surface area contributed by atoms with Crippen LogP contribution in [0.15, 0.2) is 29.4 Å². The minimum Gasteiger partial charge on any atom is -0.483 e. The molecular formula is C14H21N3O3. The van der Waals surface area contributed by atoms with Gasteiger partial charge >= 0.3 is 0 Å². The summed E-state index contributed by atoms with van der Waals surface area (Å²) in [5.74, 6) is 0.346. The van der Waals surface area contributed by atoms with E-state index in [-0.39, 0.29) is 18.3 Å². The SMILES string of the molecule is CCC(C)(C)C(=O)Nc1ccccc1OCC(N)=NO. The standard InChI is InChI=1S/C14H21N3O3/c1-4-14(2,3)13(18)16-10-7-5-6-8-11(10)20-9-12(15)17-19/h5-8,19H,4,9H2,1-3H3,(H2,15,17)(H,16,18). The Balaban J connectivity index is 2.83. The highest BCUT2D eigenvalue weighted by Gasteiger charge is 2.25. The molecule has 110 valence electrons. The number of hydrogen-bond acceptors (Lipinski definition) is 4. The van der Waals surface area contributed by atoms with E-state index >= 15 is 0 Å². The monoisotopic (exact) mass is 279 g/mol. The zero-order valence-corrected chi connectivity index (χ0v) is 12.0. The molecule has 0 aliphatic rings. The molecule has 0 heterocycles. The molecule has 4 N–H and O–H groups in total. The number of carbonyl (C=O) groups is 1. The van der Waals surface area contributed by atoms with Crippen LogP contribution in [0.25, 0.3) is 0 Å². The van der Waals surface area contributed by atoms with Gasteiger partial charge in [-0.15, -0.1) is 0 Å². The molecule has 0 unspecified atom stereocenters. The second-order valence-electron chi connectivity index (χ2n) is 5.07. The molecule has 1 aromatic carbocycles. The summed E-state index contributed by atoms with van der Waals surface area (Å²) in [4.78, 5) is 12.2. The molecular weight excluding hydrogens is 258 g/mol. The minimum absolute atomic E-state index is 0.0417. The van der Waals surface area contributed by atoms with Crippen molar-refractivity contribution in [3.63, 3.8) is 0 Å². The number of carbonyl (C=O) groups excluding carboxylic acids is 1. The van der Waals surface area contributed by atoms with E-state index in [0.29, 0.717) is 11.4 Å². The number of nitrogens with one attached hydrogen (secondary N) is 1. The number of benzene rings is 1. The van der Waals surface area contributed by atoms with Crippen LogP contribution in [0.2, 0.25) is 0 Å². The van der Waals surface area contributed by atoms with Gasteiger partial charge in [-0.2, -0.15) is 0 Å². The van der Waals surface area contributed by atoms with Crippen LogP contribution in [0.5, 0.6) is 5.75 Å². The predicted molar refractivity (Wildman–Crippen MR) is 78.0 cm³/mol. The Morgan fingerprint density at radius 2 is 2.10 bits per heavy atom. The molecule has 0 spiro atoms. The summed E-state index contributed by atoms with van der Waals surface area (Å²) in [5.41, 5.74) is 5.45. The molecule has 0 aliphatic carbocycles. The number of ether oxygens (including phenoxy) is 1. The Morgan fingerprint density at radius 1 is 1.45 bits per heavy atom. The van der Waals surface area contributed by atoms with Gasteiger partial charge in [0, 0.05) is 5.41 Å². The number of nitrogens with two attached hydrogens (primary N) is 1. The van der Waals surface area contributed by atoms with E-state index in [9.17, 15) is 4.79 Å². The minimum atomic E-state index is -0.460. The van der Waals surface area contributed by atoms with E-state index in [1.165, 1.54) is 0 Å². The van der Waals surface area contributed by atoms with Gasteiger partial charge in [0.25, 0.3) is 0 Å². The van der Waals surface area contributed by atoms with Crippen molar-refractivity contribution in [3.8, 4) is 5.75 Å². The third kappa shape index (κ3) is 4.15. The van der Waals surface area contributed by atoms with Gasteiger partial charge in [0.05, 0.1) is 5.69 Å². The molecule has 6 nitrogen and oxygen atoms in total. The fourth-order valence-corrected chi connectivity index (χ4v) is 1.33. The first-order valence-electron chi connectivity index (χ1n) is 6.40. The number of amides is 1. The Labute approximate surface area is 118 Å². The van der Waals surface area contributed by atoms with E-state index in [1.54, 1.807) is 24.3 Å². The van der Waals surface area contributed by atoms with Gasteiger partial charge in [-0.25, -0.2) is 0 Å². The van der Waals surface area contributed by atoms with Gasteiger partial charge in [-0.1, -0.05) is 38.1 Å². The smallest absolute Gasteiger partial charge is 0.230 e. The molecule has 0 atom stereocenters. The summed E-state index contributed by atoms with van der Waals surface area (Å²) < 4.78 is 5.41. The van der Waals surface area contributed by atoms with Crippen molar-refractivity contribution in [1.29, 1.82) is 0 Å². The molecule has 6 heteroatoms. The molecule has 0 radical (unpaired) electrons. The second kappa shape index (κ2) is 6.79. The van der Waals surface area contributed by atoms with Crippen LogP contribution >= 0.6 is 0 Å². The van der Waals surface area contributed by atoms with Gasteiger partial charge in [0.1, 0.15) is 12.4 Å². The van der Waals surface area contributed by atoms with Crippen molar-refractivity contribution in [2.45, 2.75) is 27.2 Å². The van der Waals surface area contributed by atoms with Gasteiger partial charge in [-0.3, -0.25) is 4.79 Å². The maximum atomic E-state index is 12.2. The van der Waals surface area contributed by atoms with E-state index in [0.717, 1.165) is 6.42 Å². The van der Waals surface area contributed by atoms with Crippen molar-refractivity contribution in [3.05, 3.63) is 24.3 Å². The van der Waals surface area contributed by atoms with Crippen molar-refractivity contribution in [1.82, 2.24) is 0 Å². The van der Waals surface area contributed by atoms with E-state index in [4.69, 9.17) is 15.7 Å². The van der Waals surface area contributed by atoms with Crippen LogP contribution in [0.3, 0.4) is 0 Å². The molecule has 0 aliphatic heterocycles. The lowest BCUT2D eigenvalue weighted by molar-refractivity contribution is -0.124. The summed E-state index contributed by atoms with van der Waals surface area (Å²) in [7, 11) is 0. The van der Waals surface area contributed by atoms with Crippen molar-refractivity contribution >= 4 is 17.4 Å². The highest BCUT2D eigenvalue weighted by molar-refractivity contribution is 5.96. The average molecular weight is 279 g/mol. The predicted octanol–water partition coefficient (Wildman–Crippen LogP) is 2.19. The molecule has 0 saturated heterocycles. The lowest BCUT2D eigenvalue weighted by atomic mass is 9.89. The number of rotatable bonds is 6. The van der Waals surface area contributed by atoms with Crippen LogP contribution in [0.4, 0.5) is 5.69 Å². The van der Waals surface area contributed by atoms with Gasteiger partial charge in [-0.05, 0) is 18.6 Å². The highest BCUT2D eigenvalue weighted by atomic mass is 16.5. The molecule has 0 aromatic heterocycles. The van der Waals surface area contributed by atoms with Crippen LogP contribution in [-0.2, 0) is 4.79 Å². The molecule has 0 bridgehead atoms. The molecule has 1 amide bonds. The summed E-state index contributed by atoms with van der Waals surface area (Å²) in [6.45, 7) is 5.66. The summed E-state index contributed by atoms with van der Waals surface area (Å²) in [6.07, 6.45) is 0.728. The maximum absolute atomic E-state index is 12.2. The molecule has 1 rings (SSSR count). The summed E-state index contributed by atoms with van der Waals surface area (Å²) in [5, 5.41) is 14.1. The van der Waals surface area contributed by atoms with Crippen LogP contribution < -0.4 is 15.8 Å². The van der Waals surface area contributed by atoms with Crippen LogP contribution in [0.1, 0.15) is 27.2 Å². The molecule has 0 fully saturated rings. The zero-order chi connectivity index (χ0) is 15.2. The number of amidine groups is 1. The number of oxime groups is 1. The maximum Gasteiger partial charge on any atom is 0.230 e. The normalized spacial score (nSPS) is 12.1. The van der Waals surface area contributed by atoms with Crippen molar-refractivity contribution < 1.29 is 14.7 Å². The fourth-order valence-electron chi connectivity index (χ4n) is 1.33. The number of para-hydroxylation sites is 2. The Hall–Kier alpha value is -2.24. The Morgan fingerprint density at radius 3 is 2.70 bits per heavy atom. The first kappa shape index (κ1) is 15.8. The highest BCUT2D eigenvalue weighted by Crippen LogP contribution is 2.27. The number of anilines is 1. The van der Waals surface area contributed by atoms with Gasteiger partial charge < -0.3 is 21.0 Å². The Kier molecular flexibility index (Phi) is 5.37. The van der Waals surface area contributed by atoms with E-state index in [2.05, 4.69) is 10.5 Å². The largest absolute Gasteiger partial charge is 0.483 e. The fraction of sp³-hybridized carbons (Fsp3) is 0.429. The number of hydrogen-bond donors (Lipinski definition) is 3. The van der Waals surface area contributed by atoms with Crippen molar-refractivity contribution in [2.24, 2.45) is 16.3 Å². The Bertz CT molecular complexity index is 498. The first-order valence-corrected chi connectivity index (χ1v) is 6.40. The summed E-state index contributed by atoms with van der Waals surface area (Å²) >= 11 is 0. The van der Waals surface area contributed by atoms with E-state index < -0.39 is 5.41 Å². The lowest BCUT2D eigenvalue weighted by Gasteiger charge is -2.22.